The van der Waals surface area contributed by atoms with Crippen LogP contribution < -0.4 is 5.30 Å². The zero-order chi connectivity index (χ0) is 31.3. The molecule has 0 bridgehead atoms. The van der Waals surface area contributed by atoms with Gasteiger partial charge in [-0.25, -0.2) is 15.0 Å². The second-order valence-corrected chi connectivity index (χ2v) is 15.3. The van der Waals surface area contributed by atoms with Crippen LogP contribution in [0.5, 0.6) is 0 Å². The molecular formula is C41H30N3OP. The van der Waals surface area contributed by atoms with Gasteiger partial charge in [0.05, 0.1) is 0 Å². The maximum Gasteiger partial charge on any atom is 0.164 e. The monoisotopic (exact) mass is 611 g/mol. The van der Waals surface area contributed by atoms with Crippen molar-refractivity contribution in [3.63, 3.8) is 0 Å². The third-order valence-electron chi connectivity index (χ3n) is 8.62. The van der Waals surface area contributed by atoms with Gasteiger partial charge in [-0.15, -0.1) is 0 Å². The van der Waals surface area contributed by atoms with Crippen LogP contribution in [0.4, 0.5) is 0 Å². The molecule has 0 aliphatic heterocycles. The largest absolute Gasteiger partial charge is 0.319 e. The number of hydrogen-bond acceptors (Lipinski definition) is 4. The number of hydrogen-bond donors (Lipinski definition) is 0. The molecule has 0 radical (unpaired) electrons. The molecule has 8 rings (SSSR count). The Balaban J connectivity index is 1.32. The minimum absolute atomic E-state index is 0.623. The molecule has 8 aromatic rings. The molecule has 5 heteroatoms. The second kappa shape index (κ2) is 11.2. The Hall–Kier alpha value is -5.44. The molecule has 0 saturated carbocycles. The molecule has 0 saturated heterocycles. The van der Waals surface area contributed by atoms with Crippen molar-refractivity contribution >= 4 is 44.8 Å². The third-order valence-corrected chi connectivity index (χ3v) is 10.2. The van der Waals surface area contributed by atoms with Crippen LogP contribution in [-0.2, 0) is 4.57 Å². The van der Waals surface area contributed by atoms with Gasteiger partial charge < -0.3 is 4.57 Å². The average Bonchev–Trinajstić information content (AvgIpc) is 3.10. The van der Waals surface area contributed by atoms with E-state index in [9.17, 15) is 4.57 Å². The van der Waals surface area contributed by atoms with Crippen LogP contribution in [0.2, 0.25) is 0 Å². The van der Waals surface area contributed by atoms with Crippen LogP contribution in [0.3, 0.4) is 0 Å². The maximum atomic E-state index is 12.6. The van der Waals surface area contributed by atoms with E-state index in [2.05, 4.69) is 133 Å². The molecule has 0 aliphatic carbocycles. The molecule has 0 unspecified atom stereocenters. The van der Waals surface area contributed by atoms with Gasteiger partial charge in [0.25, 0.3) is 0 Å². The SMILES string of the molecule is CP(C)(=O)c1ccc(-c2ccc(-c3nc(-c4ccc5ccccc5c4)nc(-c4ccc5ccccc5c4)n3)c3ccccc23)cc1. The van der Waals surface area contributed by atoms with Crippen molar-refractivity contribution in [1.29, 1.82) is 0 Å². The van der Waals surface area contributed by atoms with E-state index < -0.39 is 7.14 Å². The van der Waals surface area contributed by atoms with Gasteiger partial charge in [-0.05, 0) is 75.0 Å². The van der Waals surface area contributed by atoms with Crippen molar-refractivity contribution in [3.05, 3.63) is 146 Å². The van der Waals surface area contributed by atoms with Crippen LogP contribution in [0.1, 0.15) is 0 Å². The lowest BCUT2D eigenvalue weighted by molar-refractivity contribution is 0.588. The quantitative estimate of drug-likeness (QED) is 0.182. The first-order valence-corrected chi connectivity index (χ1v) is 17.9. The highest BCUT2D eigenvalue weighted by atomic mass is 31.2. The smallest absolute Gasteiger partial charge is 0.164 e. The van der Waals surface area contributed by atoms with Crippen molar-refractivity contribution in [2.75, 3.05) is 13.3 Å². The predicted molar refractivity (Wildman–Crippen MR) is 193 cm³/mol. The highest BCUT2D eigenvalue weighted by molar-refractivity contribution is 7.70. The van der Waals surface area contributed by atoms with Gasteiger partial charge in [0.15, 0.2) is 17.5 Å². The van der Waals surface area contributed by atoms with Crippen LogP contribution in [0, 0.1) is 0 Å². The lowest BCUT2D eigenvalue weighted by atomic mass is 9.94. The van der Waals surface area contributed by atoms with E-state index >= 15 is 0 Å². The standard InChI is InChI=1S/C41H30N3OP/c1-46(2,45)34-21-19-29(20-22-34)35-23-24-38(37-14-8-7-13-36(35)37)41-43-39(32-17-15-27-9-3-5-11-30(27)25-32)42-40(44-41)33-18-16-28-10-4-6-12-31(28)26-33/h3-26H,1-2H3. The summed E-state index contributed by atoms with van der Waals surface area (Å²) < 4.78 is 12.6. The lowest BCUT2D eigenvalue weighted by Crippen LogP contribution is -2.02. The van der Waals surface area contributed by atoms with Gasteiger partial charge in [0.2, 0.25) is 0 Å². The van der Waals surface area contributed by atoms with E-state index in [-0.39, 0.29) is 0 Å². The van der Waals surface area contributed by atoms with Gasteiger partial charge in [0.1, 0.15) is 7.14 Å². The second-order valence-electron chi connectivity index (χ2n) is 12.0. The minimum atomic E-state index is -2.34. The number of nitrogens with zero attached hydrogens (tertiary/aromatic N) is 3. The van der Waals surface area contributed by atoms with Crippen molar-refractivity contribution < 1.29 is 4.57 Å². The number of rotatable bonds is 5. The topological polar surface area (TPSA) is 55.7 Å². The fourth-order valence-electron chi connectivity index (χ4n) is 6.16. The zero-order valence-corrected chi connectivity index (χ0v) is 26.4. The van der Waals surface area contributed by atoms with Crippen LogP contribution in [0.25, 0.3) is 77.6 Å². The van der Waals surface area contributed by atoms with Gasteiger partial charge in [0, 0.05) is 22.0 Å². The predicted octanol–water partition coefficient (Wildman–Crippen LogP) is 10.2. The molecule has 0 amide bonds. The maximum absolute atomic E-state index is 12.6. The Bertz CT molecular complexity index is 2380. The van der Waals surface area contributed by atoms with Crippen molar-refractivity contribution in [3.8, 4) is 45.3 Å². The molecule has 1 heterocycles. The Labute approximate surface area is 267 Å². The first kappa shape index (κ1) is 28.1. The van der Waals surface area contributed by atoms with E-state index in [1.165, 1.54) is 10.8 Å². The van der Waals surface area contributed by atoms with Crippen molar-refractivity contribution in [1.82, 2.24) is 15.0 Å². The molecule has 1 aromatic heterocycles. The molecule has 0 fully saturated rings. The van der Waals surface area contributed by atoms with Crippen molar-refractivity contribution in [2.24, 2.45) is 0 Å². The molecule has 0 aliphatic rings. The molecular weight excluding hydrogens is 581 g/mol. The summed E-state index contributed by atoms with van der Waals surface area (Å²) in [6.45, 7) is 3.61. The molecule has 46 heavy (non-hydrogen) atoms. The summed E-state index contributed by atoms with van der Waals surface area (Å²) in [4.78, 5) is 15.3. The number of fused-ring (bicyclic) bond motifs is 3. The molecule has 4 nitrogen and oxygen atoms in total. The highest BCUT2D eigenvalue weighted by Gasteiger charge is 2.17. The fraction of sp³-hybridized carbons (Fsp3) is 0.0488. The summed E-state index contributed by atoms with van der Waals surface area (Å²) in [6, 6.07) is 50.1. The number of benzene rings is 7. The van der Waals surface area contributed by atoms with E-state index in [1.54, 1.807) is 13.3 Å². The minimum Gasteiger partial charge on any atom is -0.319 e. The van der Waals surface area contributed by atoms with Crippen LogP contribution >= 0.6 is 7.14 Å². The first-order valence-electron chi connectivity index (χ1n) is 15.3. The van der Waals surface area contributed by atoms with E-state index in [1.807, 2.05) is 12.1 Å². The zero-order valence-electron chi connectivity index (χ0n) is 25.6. The van der Waals surface area contributed by atoms with E-state index in [0.717, 1.165) is 54.7 Å². The van der Waals surface area contributed by atoms with Gasteiger partial charge in [-0.1, -0.05) is 127 Å². The summed E-state index contributed by atoms with van der Waals surface area (Å²) >= 11 is 0. The van der Waals surface area contributed by atoms with E-state index in [4.69, 9.17) is 15.0 Å². The average molecular weight is 612 g/mol. The molecule has 0 N–H and O–H groups in total. The van der Waals surface area contributed by atoms with Gasteiger partial charge in [-0.3, -0.25) is 0 Å². The normalized spacial score (nSPS) is 11.8. The Kier molecular flexibility index (Phi) is 6.82. The molecule has 0 spiro atoms. The Morgan fingerprint density at radius 3 is 1.39 bits per heavy atom. The summed E-state index contributed by atoms with van der Waals surface area (Å²) in [7, 11) is -2.34. The summed E-state index contributed by atoms with van der Waals surface area (Å²) in [5.41, 5.74) is 4.99. The lowest BCUT2D eigenvalue weighted by Gasteiger charge is -2.14. The Morgan fingerprint density at radius 2 is 0.848 bits per heavy atom. The van der Waals surface area contributed by atoms with Crippen molar-refractivity contribution in [2.45, 2.75) is 0 Å². The van der Waals surface area contributed by atoms with Crippen LogP contribution in [-0.4, -0.2) is 28.3 Å². The van der Waals surface area contributed by atoms with Crippen LogP contribution in [0.15, 0.2) is 146 Å². The Morgan fingerprint density at radius 1 is 0.413 bits per heavy atom. The summed E-state index contributed by atoms with van der Waals surface area (Å²) in [6.07, 6.45) is 0. The van der Waals surface area contributed by atoms with Gasteiger partial charge >= 0.3 is 0 Å². The highest BCUT2D eigenvalue weighted by Crippen LogP contribution is 2.38. The molecule has 7 aromatic carbocycles. The third kappa shape index (κ3) is 5.17. The van der Waals surface area contributed by atoms with E-state index in [0.29, 0.717) is 17.5 Å². The molecule has 220 valence electrons. The fourth-order valence-corrected chi connectivity index (χ4v) is 7.02. The number of aromatic nitrogens is 3. The first-order chi connectivity index (χ1) is 22.4. The molecule has 0 atom stereocenters. The van der Waals surface area contributed by atoms with Gasteiger partial charge in [-0.2, -0.15) is 0 Å². The summed E-state index contributed by atoms with van der Waals surface area (Å²) in [5.74, 6) is 1.88. The summed E-state index contributed by atoms with van der Waals surface area (Å²) in [5, 5.41) is 7.65.